The van der Waals surface area contributed by atoms with Crippen molar-refractivity contribution in [3.63, 3.8) is 0 Å². The summed E-state index contributed by atoms with van der Waals surface area (Å²) in [6.45, 7) is 6.97. The molecule has 3 rings (SSSR count). The van der Waals surface area contributed by atoms with Gasteiger partial charge in [-0.1, -0.05) is 29.3 Å². The molecule has 0 aromatic heterocycles. The first-order chi connectivity index (χ1) is 12.6. The first kappa shape index (κ1) is 19.6. The predicted molar refractivity (Wildman–Crippen MR) is 108 cm³/mol. The maximum Gasteiger partial charge on any atom is 0.317 e. The van der Waals surface area contributed by atoms with Crippen LogP contribution in [0.1, 0.15) is 19.3 Å². The summed E-state index contributed by atoms with van der Waals surface area (Å²) in [7, 11) is 1.70. The minimum atomic E-state index is 0.0549. The van der Waals surface area contributed by atoms with Crippen LogP contribution in [0.5, 0.6) is 0 Å². The fourth-order valence-electron chi connectivity index (χ4n) is 3.90. The number of piperidine rings is 1. The SMILES string of the molecule is CNC(=O)N1CCC(CCN2CCN(c3cccc(Cl)c3Cl)CC2)CC1. The molecule has 2 amide bonds. The summed E-state index contributed by atoms with van der Waals surface area (Å²) in [6, 6.07) is 5.89. The van der Waals surface area contributed by atoms with Gasteiger partial charge in [0.05, 0.1) is 15.7 Å². The molecular weight excluding hydrogens is 371 g/mol. The summed E-state index contributed by atoms with van der Waals surface area (Å²) in [5, 5.41) is 3.99. The van der Waals surface area contributed by atoms with Crippen molar-refractivity contribution in [2.75, 3.05) is 57.8 Å². The molecule has 0 radical (unpaired) electrons. The lowest BCUT2D eigenvalue weighted by atomic mass is 9.93. The van der Waals surface area contributed by atoms with Gasteiger partial charge in [-0.2, -0.15) is 0 Å². The number of rotatable bonds is 4. The van der Waals surface area contributed by atoms with Crippen LogP contribution in [0.2, 0.25) is 10.0 Å². The maximum absolute atomic E-state index is 11.7. The Morgan fingerprint density at radius 3 is 2.46 bits per heavy atom. The number of hydrogen-bond donors (Lipinski definition) is 1. The average molecular weight is 399 g/mol. The van der Waals surface area contributed by atoms with E-state index < -0.39 is 0 Å². The van der Waals surface area contributed by atoms with Gasteiger partial charge >= 0.3 is 6.03 Å². The first-order valence-electron chi connectivity index (χ1n) is 9.46. The molecule has 2 fully saturated rings. The molecule has 144 valence electrons. The second-order valence-corrected chi connectivity index (χ2v) is 7.96. The molecule has 1 aromatic rings. The molecule has 0 atom stereocenters. The highest BCUT2D eigenvalue weighted by atomic mass is 35.5. The van der Waals surface area contributed by atoms with E-state index in [2.05, 4.69) is 15.1 Å². The highest BCUT2D eigenvalue weighted by molar-refractivity contribution is 6.43. The smallest absolute Gasteiger partial charge is 0.317 e. The number of likely N-dealkylation sites (tertiary alicyclic amines) is 1. The molecule has 0 saturated carbocycles. The molecule has 26 heavy (non-hydrogen) atoms. The highest BCUT2D eigenvalue weighted by Crippen LogP contribution is 2.33. The Bertz CT molecular complexity index is 612. The van der Waals surface area contributed by atoms with E-state index >= 15 is 0 Å². The summed E-state index contributed by atoms with van der Waals surface area (Å²) < 4.78 is 0. The molecule has 5 nitrogen and oxygen atoms in total. The number of piperazine rings is 1. The van der Waals surface area contributed by atoms with Crippen molar-refractivity contribution in [2.24, 2.45) is 5.92 Å². The minimum absolute atomic E-state index is 0.0549. The lowest BCUT2D eigenvalue weighted by molar-refractivity contribution is 0.160. The Labute approximate surface area is 166 Å². The van der Waals surface area contributed by atoms with Crippen LogP contribution in [0.15, 0.2) is 18.2 Å². The summed E-state index contributed by atoms with van der Waals surface area (Å²) in [5.74, 6) is 0.733. The van der Waals surface area contributed by atoms with Crippen molar-refractivity contribution in [2.45, 2.75) is 19.3 Å². The molecule has 0 bridgehead atoms. The Kier molecular flexibility index (Phi) is 6.90. The van der Waals surface area contributed by atoms with Crippen LogP contribution >= 0.6 is 23.2 Å². The number of carbonyl (C=O) groups is 1. The number of anilines is 1. The van der Waals surface area contributed by atoms with Crippen molar-refractivity contribution < 1.29 is 4.79 Å². The van der Waals surface area contributed by atoms with Crippen LogP contribution in [0.25, 0.3) is 0 Å². The zero-order valence-electron chi connectivity index (χ0n) is 15.4. The van der Waals surface area contributed by atoms with E-state index in [9.17, 15) is 4.79 Å². The van der Waals surface area contributed by atoms with Gasteiger partial charge in [0.1, 0.15) is 0 Å². The normalized spacial score (nSPS) is 19.7. The predicted octanol–water partition coefficient (Wildman–Crippen LogP) is 3.56. The third-order valence-electron chi connectivity index (χ3n) is 5.61. The number of benzene rings is 1. The van der Waals surface area contributed by atoms with Crippen LogP contribution in [0.4, 0.5) is 10.5 Å². The molecule has 1 N–H and O–H groups in total. The van der Waals surface area contributed by atoms with E-state index in [1.54, 1.807) is 7.05 Å². The molecule has 2 heterocycles. The molecule has 7 heteroatoms. The Balaban J connectivity index is 1.40. The van der Waals surface area contributed by atoms with Crippen molar-refractivity contribution in [3.8, 4) is 0 Å². The van der Waals surface area contributed by atoms with Gasteiger partial charge in [0.2, 0.25) is 0 Å². The van der Waals surface area contributed by atoms with Crippen LogP contribution in [-0.4, -0.2) is 68.7 Å². The van der Waals surface area contributed by atoms with Crippen molar-refractivity contribution in [3.05, 3.63) is 28.2 Å². The monoisotopic (exact) mass is 398 g/mol. The third kappa shape index (κ3) is 4.76. The van der Waals surface area contributed by atoms with Gasteiger partial charge in [-0.05, 0) is 43.9 Å². The van der Waals surface area contributed by atoms with Gasteiger partial charge < -0.3 is 15.1 Å². The largest absolute Gasteiger partial charge is 0.368 e. The lowest BCUT2D eigenvalue weighted by Gasteiger charge is -2.38. The van der Waals surface area contributed by atoms with Gasteiger partial charge in [0.15, 0.2) is 0 Å². The molecule has 0 unspecified atom stereocenters. The summed E-state index contributed by atoms with van der Waals surface area (Å²) in [6.07, 6.45) is 3.45. The number of nitrogens with zero attached hydrogens (tertiary/aromatic N) is 3. The third-order valence-corrected chi connectivity index (χ3v) is 6.42. The van der Waals surface area contributed by atoms with Crippen LogP contribution < -0.4 is 10.2 Å². The number of hydrogen-bond acceptors (Lipinski definition) is 3. The van der Waals surface area contributed by atoms with Crippen LogP contribution in [0, 0.1) is 5.92 Å². The zero-order chi connectivity index (χ0) is 18.5. The quantitative estimate of drug-likeness (QED) is 0.842. The van der Waals surface area contributed by atoms with Crippen LogP contribution in [0.3, 0.4) is 0 Å². The first-order valence-corrected chi connectivity index (χ1v) is 10.2. The van der Waals surface area contributed by atoms with E-state index in [0.717, 1.165) is 70.3 Å². The van der Waals surface area contributed by atoms with Gasteiger partial charge in [0.25, 0.3) is 0 Å². The molecule has 2 saturated heterocycles. The molecule has 1 aromatic carbocycles. The number of halogens is 2. The molecule has 0 aliphatic carbocycles. The van der Waals surface area contributed by atoms with E-state index in [1.165, 1.54) is 6.42 Å². The number of nitrogens with one attached hydrogen (secondary N) is 1. The van der Waals surface area contributed by atoms with Gasteiger partial charge in [0, 0.05) is 46.3 Å². The Hall–Kier alpha value is -1.17. The molecule has 0 spiro atoms. The van der Waals surface area contributed by atoms with E-state index in [1.807, 2.05) is 23.1 Å². The van der Waals surface area contributed by atoms with Crippen molar-refractivity contribution in [1.29, 1.82) is 0 Å². The van der Waals surface area contributed by atoms with E-state index in [-0.39, 0.29) is 6.03 Å². The van der Waals surface area contributed by atoms with Gasteiger partial charge in [-0.3, -0.25) is 4.90 Å². The highest BCUT2D eigenvalue weighted by Gasteiger charge is 2.24. The summed E-state index contributed by atoms with van der Waals surface area (Å²) in [4.78, 5) is 18.4. The van der Waals surface area contributed by atoms with E-state index in [0.29, 0.717) is 10.0 Å². The second kappa shape index (κ2) is 9.16. The molecule has 2 aliphatic rings. The molecular formula is C19H28Cl2N4O. The average Bonchev–Trinajstić information content (AvgIpc) is 2.69. The van der Waals surface area contributed by atoms with Crippen LogP contribution in [-0.2, 0) is 0 Å². The topological polar surface area (TPSA) is 38.8 Å². The standard InChI is InChI=1S/C19H28Cl2N4O/c1-22-19(26)25-9-6-15(7-10-25)5-8-23-11-13-24(14-12-23)17-4-2-3-16(20)18(17)21/h2-4,15H,5-14H2,1H3,(H,22,26). The summed E-state index contributed by atoms with van der Waals surface area (Å²) in [5.41, 5.74) is 1.04. The Morgan fingerprint density at radius 2 is 1.81 bits per heavy atom. The lowest BCUT2D eigenvalue weighted by Crippen LogP contribution is -2.47. The fraction of sp³-hybridized carbons (Fsp3) is 0.632. The fourth-order valence-corrected chi connectivity index (χ4v) is 4.31. The van der Waals surface area contributed by atoms with Crippen molar-refractivity contribution in [1.82, 2.24) is 15.1 Å². The molecule has 2 aliphatic heterocycles. The number of urea groups is 1. The minimum Gasteiger partial charge on any atom is -0.368 e. The number of carbonyl (C=O) groups excluding carboxylic acids is 1. The van der Waals surface area contributed by atoms with Gasteiger partial charge in [-0.25, -0.2) is 4.79 Å². The number of amides is 2. The van der Waals surface area contributed by atoms with Gasteiger partial charge in [-0.15, -0.1) is 0 Å². The van der Waals surface area contributed by atoms with Crippen molar-refractivity contribution >= 4 is 34.9 Å². The zero-order valence-corrected chi connectivity index (χ0v) is 16.9. The maximum atomic E-state index is 11.7. The Morgan fingerprint density at radius 1 is 1.12 bits per heavy atom. The summed E-state index contributed by atoms with van der Waals surface area (Å²) >= 11 is 12.5. The second-order valence-electron chi connectivity index (χ2n) is 7.18. The van der Waals surface area contributed by atoms with E-state index in [4.69, 9.17) is 23.2 Å².